The molecule has 1 saturated heterocycles. The van der Waals surface area contributed by atoms with Gasteiger partial charge in [0, 0.05) is 29.2 Å². The first-order chi connectivity index (χ1) is 10.8. The van der Waals surface area contributed by atoms with Gasteiger partial charge in [0.25, 0.3) is 0 Å². The van der Waals surface area contributed by atoms with Crippen LogP contribution in [0.2, 0.25) is 0 Å². The third kappa shape index (κ3) is 2.65. The molecule has 1 saturated carbocycles. The summed E-state index contributed by atoms with van der Waals surface area (Å²) in [5.74, 6) is -0.189. The Morgan fingerprint density at radius 2 is 2.04 bits per heavy atom. The first kappa shape index (κ1) is 18.9. The minimum atomic E-state index is -0.954. The van der Waals surface area contributed by atoms with E-state index >= 15 is 0 Å². The van der Waals surface area contributed by atoms with Crippen molar-refractivity contribution in [3.8, 4) is 0 Å². The van der Waals surface area contributed by atoms with Crippen molar-refractivity contribution in [3.63, 3.8) is 0 Å². The molecule has 5 nitrogen and oxygen atoms in total. The van der Waals surface area contributed by atoms with Gasteiger partial charge in [0.2, 0.25) is 5.91 Å². The largest absolute Gasteiger partial charge is 0.377 e. The Morgan fingerprint density at radius 1 is 1.33 bits per heavy atom. The minimum Gasteiger partial charge on any atom is -0.377 e. The summed E-state index contributed by atoms with van der Waals surface area (Å²) < 4.78 is 5.83. The van der Waals surface area contributed by atoms with E-state index < -0.39 is 11.0 Å². The number of Topliss-reactive ketones (excluding diaryl/α,β-unsaturated/α-hetero) is 1. The van der Waals surface area contributed by atoms with Crippen molar-refractivity contribution in [3.05, 3.63) is 29.8 Å². The Kier molecular flexibility index (Phi) is 5.09. The number of nitrogens with one attached hydrogen (secondary N) is 1. The van der Waals surface area contributed by atoms with Crippen LogP contribution in [0, 0.1) is 11.3 Å². The molecular formula is C18H25ClN2O3. The lowest BCUT2D eigenvalue weighted by Gasteiger charge is -2.65. The summed E-state index contributed by atoms with van der Waals surface area (Å²) in [5.41, 5.74) is 6.37. The lowest BCUT2D eigenvalue weighted by Crippen LogP contribution is -2.81. The number of hydrogen-bond donors (Lipinski definition) is 2. The first-order valence-electron chi connectivity index (χ1n) is 8.11. The molecular weight excluding hydrogens is 328 g/mol. The number of ketones is 1. The number of fused-ring (bicyclic) bond motifs is 1. The molecule has 1 aliphatic carbocycles. The van der Waals surface area contributed by atoms with Crippen LogP contribution in [0.5, 0.6) is 0 Å². The maximum Gasteiger partial charge on any atom is 0.245 e. The standard InChI is InChI=1S/C18H24N2O3.ClH/c1-11(21)12-6-4-7-13(10-12)20-16(22)18(19)14-8-5-9-23-15(14)17(18,2)3;/h4,6-7,10,14-15H,5,8-9,19H2,1-3H3,(H,20,22);1H. The fourth-order valence-electron chi connectivity index (χ4n) is 4.09. The molecule has 2 aliphatic rings. The zero-order valence-corrected chi connectivity index (χ0v) is 15.1. The summed E-state index contributed by atoms with van der Waals surface area (Å²) >= 11 is 0. The molecule has 3 N–H and O–H groups in total. The van der Waals surface area contributed by atoms with Crippen LogP contribution in [0.15, 0.2) is 24.3 Å². The lowest BCUT2D eigenvalue weighted by molar-refractivity contribution is -0.222. The second kappa shape index (κ2) is 6.47. The zero-order chi connectivity index (χ0) is 16.8. The van der Waals surface area contributed by atoms with Crippen LogP contribution in [0.1, 0.15) is 44.0 Å². The highest BCUT2D eigenvalue weighted by Gasteiger charge is 2.70. The zero-order valence-electron chi connectivity index (χ0n) is 14.3. The Morgan fingerprint density at radius 3 is 2.71 bits per heavy atom. The van der Waals surface area contributed by atoms with Crippen molar-refractivity contribution >= 4 is 29.8 Å². The molecule has 0 bridgehead atoms. The van der Waals surface area contributed by atoms with Crippen molar-refractivity contribution in [1.82, 2.24) is 0 Å². The van der Waals surface area contributed by atoms with Gasteiger partial charge in [-0.15, -0.1) is 12.4 Å². The second-order valence-electron chi connectivity index (χ2n) is 7.22. The third-order valence-electron chi connectivity index (χ3n) is 5.59. The van der Waals surface area contributed by atoms with Crippen LogP contribution in [0.4, 0.5) is 5.69 Å². The fraction of sp³-hybridized carbons (Fsp3) is 0.556. The summed E-state index contributed by atoms with van der Waals surface area (Å²) in [5, 5.41) is 2.90. The number of halogens is 1. The van der Waals surface area contributed by atoms with E-state index in [1.54, 1.807) is 24.3 Å². The van der Waals surface area contributed by atoms with E-state index in [1.165, 1.54) is 6.92 Å². The maximum atomic E-state index is 12.9. The highest BCUT2D eigenvalue weighted by atomic mass is 35.5. The van der Waals surface area contributed by atoms with Gasteiger partial charge >= 0.3 is 0 Å². The van der Waals surface area contributed by atoms with Crippen LogP contribution in [0.3, 0.4) is 0 Å². The van der Waals surface area contributed by atoms with E-state index in [2.05, 4.69) is 5.32 Å². The number of rotatable bonds is 3. The lowest BCUT2D eigenvalue weighted by atomic mass is 9.46. The predicted octanol–water partition coefficient (Wildman–Crippen LogP) is 2.78. The molecule has 0 aromatic heterocycles. The Bertz CT molecular complexity index is 661. The molecule has 1 amide bonds. The highest BCUT2D eigenvalue weighted by Crippen LogP contribution is 2.57. The third-order valence-corrected chi connectivity index (χ3v) is 5.59. The molecule has 1 aliphatic heterocycles. The maximum absolute atomic E-state index is 12.9. The van der Waals surface area contributed by atoms with Gasteiger partial charge in [-0.3, -0.25) is 9.59 Å². The first-order valence-corrected chi connectivity index (χ1v) is 8.11. The van der Waals surface area contributed by atoms with Crippen molar-refractivity contribution < 1.29 is 14.3 Å². The Labute approximate surface area is 148 Å². The number of benzene rings is 1. The van der Waals surface area contributed by atoms with E-state index in [4.69, 9.17) is 10.5 Å². The monoisotopic (exact) mass is 352 g/mol. The molecule has 1 heterocycles. The summed E-state index contributed by atoms with van der Waals surface area (Å²) in [7, 11) is 0. The van der Waals surface area contributed by atoms with Gasteiger partial charge < -0.3 is 15.8 Å². The smallest absolute Gasteiger partial charge is 0.245 e. The van der Waals surface area contributed by atoms with E-state index in [0.29, 0.717) is 11.3 Å². The van der Waals surface area contributed by atoms with E-state index in [9.17, 15) is 9.59 Å². The van der Waals surface area contributed by atoms with Gasteiger partial charge in [-0.05, 0) is 31.9 Å². The Balaban J connectivity index is 0.00000208. The van der Waals surface area contributed by atoms with Crippen LogP contribution >= 0.6 is 12.4 Å². The number of hydrogen-bond acceptors (Lipinski definition) is 4. The summed E-state index contributed by atoms with van der Waals surface area (Å²) in [6.07, 6.45) is 1.88. The number of carbonyl (C=O) groups is 2. The molecule has 3 unspecified atom stereocenters. The molecule has 3 rings (SSSR count). The molecule has 1 aromatic carbocycles. The van der Waals surface area contributed by atoms with Crippen LogP contribution in [0.25, 0.3) is 0 Å². The van der Waals surface area contributed by atoms with Gasteiger partial charge in [-0.2, -0.15) is 0 Å². The number of amides is 1. The summed E-state index contributed by atoms with van der Waals surface area (Å²) in [4.78, 5) is 24.4. The summed E-state index contributed by atoms with van der Waals surface area (Å²) in [6, 6.07) is 6.95. The number of nitrogens with two attached hydrogens (primary N) is 1. The summed E-state index contributed by atoms with van der Waals surface area (Å²) in [6.45, 7) is 6.23. The minimum absolute atomic E-state index is 0. The van der Waals surface area contributed by atoms with E-state index in [1.807, 2.05) is 13.8 Å². The van der Waals surface area contributed by atoms with Crippen LogP contribution in [-0.2, 0) is 9.53 Å². The van der Waals surface area contributed by atoms with Crippen molar-refractivity contribution in [2.45, 2.75) is 45.3 Å². The highest BCUT2D eigenvalue weighted by molar-refractivity contribution is 6.01. The average Bonchev–Trinajstić information content (AvgIpc) is 2.54. The molecule has 1 aromatic rings. The SMILES string of the molecule is CC(=O)c1cccc(NC(=O)C2(N)C3CCCOC3C2(C)C)c1.Cl. The van der Waals surface area contributed by atoms with Gasteiger partial charge in [0.15, 0.2) is 5.78 Å². The normalized spacial score (nSPS) is 30.3. The Hall–Kier alpha value is -1.43. The molecule has 132 valence electrons. The molecule has 0 radical (unpaired) electrons. The molecule has 0 spiro atoms. The fourth-order valence-corrected chi connectivity index (χ4v) is 4.09. The van der Waals surface area contributed by atoms with Gasteiger partial charge in [-0.25, -0.2) is 0 Å². The molecule has 2 fully saturated rings. The van der Waals surface area contributed by atoms with Crippen molar-refractivity contribution in [1.29, 1.82) is 0 Å². The number of anilines is 1. The quantitative estimate of drug-likeness (QED) is 0.819. The molecule has 3 atom stereocenters. The number of ether oxygens (including phenoxy) is 1. The van der Waals surface area contributed by atoms with Crippen molar-refractivity contribution in [2.24, 2.45) is 17.1 Å². The van der Waals surface area contributed by atoms with Gasteiger partial charge in [0.1, 0.15) is 5.54 Å². The van der Waals surface area contributed by atoms with E-state index in [0.717, 1.165) is 19.4 Å². The second-order valence-corrected chi connectivity index (χ2v) is 7.22. The van der Waals surface area contributed by atoms with Crippen LogP contribution < -0.4 is 11.1 Å². The molecule has 24 heavy (non-hydrogen) atoms. The van der Waals surface area contributed by atoms with Crippen LogP contribution in [-0.4, -0.2) is 29.9 Å². The molecule has 6 heteroatoms. The van der Waals surface area contributed by atoms with E-state index in [-0.39, 0.29) is 36.1 Å². The van der Waals surface area contributed by atoms with Crippen molar-refractivity contribution in [2.75, 3.05) is 11.9 Å². The topological polar surface area (TPSA) is 81.4 Å². The average molecular weight is 353 g/mol. The van der Waals surface area contributed by atoms with Gasteiger partial charge in [0.05, 0.1) is 6.10 Å². The predicted molar refractivity (Wildman–Crippen MR) is 95.5 cm³/mol. The van der Waals surface area contributed by atoms with Gasteiger partial charge in [-0.1, -0.05) is 26.0 Å². The number of carbonyl (C=O) groups excluding carboxylic acids is 2.